The molecule has 11 nitrogen and oxygen atoms in total. The van der Waals surface area contributed by atoms with E-state index < -0.39 is 42.2 Å². The van der Waals surface area contributed by atoms with E-state index in [1.165, 1.54) is 9.42 Å². The van der Waals surface area contributed by atoms with Gasteiger partial charge in [-0.3, -0.25) is 4.79 Å². The molecule has 2 aliphatic carbocycles. The summed E-state index contributed by atoms with van der Waals surface area (Å²) in [7, 11) is 0. The Hall–Kier alpha value is -3.85. The van der Waals surface area contributed by atoms with Gasteiger partial charge in [-0.25, -0.2) is 27.7 Å². The summed E-state index contributed by atoms with van der Waals surface area (Å²) in [5.74, 6) is -3.61. The molecule has 3 aliphatic rings. The maximum Gasteiger partial charge on any atom is 0.408 e. The number of alkyl halides is 5. The predicted octanol–water partition coefficient (Wildman–Crippen LogP) is 4.51. The van der Waals surface area contributed by atoms with E-state index >= 15 is 0 Å². The molecule has 1 aliphatic heterocycles. The summed E-state index contributed by atoms with van der Waals surface area (Å²) < 4.78 is 73.7. The number of aryl methyl sites for hydroxylation is 1. The summed E-state index contributed by atoms with van der Waals surface area (Å²) in [6.45, 7) is 1.50. The molecule has 1 saturated heterocycles. The fraction of sp³-hybridized carbons (Fsp3) is 0.615. The van der Waals surface area contributed by atoms with Crippen LogP contribution in [0.25, 0.3) is 5.65 Å². The standard InChI is InChI=1S/C26H29F5N8O3/c1-13-20(37-42-36-13)23(40)35-21(14-4-7-25(27,28)8-5-14)17-12-39-19(33-17)10-16(11-32-39)22(15-2-3-15)38-9-6-18(26(29,30)31)34-24(38)41/h10-12,14-15,18,21-22H,2-9H2,1H3,(H,34,41)(H,35,40)/t18-,21+,22?/m1/s1. The number of hydrogen-bond donors (Lipinski definition) is 2. The summed E-state index contributed by atoms with van der Waals surface area (Å²) in [6.07, 6.45) is -0.294. The average molecular weight is 597 g/mol. The number of hydrogen-bond acceptors (Lipinski definition) is 7. The van der Waals surface area contributed by atoms with Gasteiger partial charge in [0.2, 0.25) is 5.92 Å². The highest BCUT2D eigenvalue weighted by molar-refractivity contribution is 5.93. The number of imidazole rings is 1. The van der Waals surface area contributed by atoms with Crippen molar-refractivity contribution in [2.45, 2.75) is 82.1 Å². The Kier molecular flexibility index (Phi) is 7.04. The number of nitrogens with zero attached hydrogens (tertiary/aromatic N) is 6. The molecule has 3 amide bonds. The number of fused-ring (bicyclic) bond motifs is 1. The van der Waals surface area contributed by atoms with Crippen LogP contribution in [-0.2, 0) is 0 Å². The minimum absolute atomic E-state index is 0.0230. The summed E-state index contributed by atoms with van der Waals surface area (Å²) in [4.78, 5) is 31.9. The third kappa shape index (κ3) is 5.62. The maximum absolute atomic E-state index is 14.0. The molecule has 6 rings (SSSR count). The normalized spacial score (nSPS) is 23.0. The molecule has 3 aromatic heterocycles. The second kappa shape index (κ2) is 10.5. The van der Waals surface area contributed by atoms with Crippen molar-refractivity contribution < 1.29 is 36.2 Å². The molecule has 0 spiro atoms. The van der Waals surface area contributed by atoms with Crippen LogP contribution in [0.1, 0.15) is 84.5 Å². The van der Waals surface area contributed by atoms with E-state index in [9.17, 15) is 31.5 Å². The van der Waals surface area contributed by atoms with Crippen molar-refractivity contribution in [2.75, 3.05) is 6.54 Å². The van der Waals surface area contributed by atoms with Crippen molar-refractivity contribution >= 4 is 17.6 Å². The number of urea groups is 1. The molecular formula is C26H29F5N8O3. The molecule has 3 atom stereocenters. The van der Waals surface area contributed by atoms with Crippen LogP contribution in [0.2, 0.25) is 0 Å². The average Bonchev–Trinajstić information content (AvgIpc) is 3.51. The molecule has 0 radical (unpaired) electrons. The zero-order valence-corrected chi connectivity index (χ0v) is 22.6. The third-order valence-electron chi connectivity index (χ3n) is 8.42. The molecule has 3 fully saturated rings. The van der Waals surface area contributed by atoms with Crippen LogP contribution in [0, 0.1) is 18.8 Å². The zero-order chi connectivity index (χ0) is 29.8. The molecule has 1 unspecified atom stereocenters. The second-order valence-electron chi connectivity index (χ2n) is 11.4. The summed E-state index contributed by atoms with van der Waals surface area (Å²) in [5.41, 5.74) is 1.68. The molecule has 226 valence electrons. The zero-order valence-electron chi connectivity index (χ0n) is 22.6. The molecule has 0 bridgehead atoms. The first-order valence-electron chi connectivity index (χ1n) is 13.9. The third-order valence-corrected chi connectivity index (χ3v) is 8.42. The van der Waals surface area contributed by atoms with Crippen LogP contribution < -0.4 is 10.6 Å². The fourth-order valence-corrected chi connectivity index (χ4v) is 6.00. The minimum atomic E-state index is -4.52. The van der Waals surface area contributed by atoms with E-state index in [0.717, 1.165) is 12.8 Å². The monoisotopic (exact) mass is 596 g/mol. The highest BCUT2D eigenvalue weighted by atomic mass is 19.4. The quantitative estimate of drug-likeness (QED) is 0.384. The molecule has 0 aromatic carbocycles. The molecular weight excluding hydrogens is 567 g/mol. The van der Waals surface area contributed by atoms with Gasteiger partial charge >= 0.3 is 12.2 Å². The summed E-state index contributed by atoms with van der Waals surface area (Å²) >= 11 is 0. The lowest BCUT2D eigenvalue weighted by Gasteiger charge is -2.38. The number of aromatic nitrogens is 5. The van der Waals surface area contributed by atoms with Crippen LogP contribution in [0.5, 0.6) is 0 Å². The van der Waals surface area contributed by atoms with Crippen LogP contribution in [0.4, 0.5) is 26.7 Å². The van der Waals surface area contributed by atoms with Crippen LogP contribution in [0.15, 0.2) is 23.1 Å². The van der Waals surface area contributed by atoms with Crippen LogP contribution >= 0.6 is 0 Å². The van der Waals surface area contributed by atoms with Crippen molar-refractivity contribution in [2.24, 2.45) is 11.8 Å². The van der Waals surface area contributed by atoms with E-state index in [-0.39, 0.29) is 61.9 Å². The fourth-order valence-electron chi connectivity index (χ4n) is 6.00. The smallest absolute Gasteiger partial charge is 0.342 e. The maximum atomic E-state index is 14.0. The Bertz CT molecular complexity index is 1480. The highest BCUT2D eigenvalue weighted by Gasteiger charge is 2.47. The van der Waals surface area contributed by atoms with E-state index in [4.69, 9.17) is 0 Å². The van der Waals surface area contributed by atoms with Gasteiger partial charge in [0.1, 0.15) is 11.7 Å². The van der Waals surface area contributed by atoms with E-state index in [1.807, 2.05) is 0 Å². The lowest BCUT2D eigenvalue weighted by Crippen LogP contribution is -2.57. The van der Waals surface area contributed by atoms with Crippen molar-refractivity contribution in [3.63, 3.8) is 0 Å². The molecule has 16 heteroatoms. The first-order valence-corrected chi connectivity index (χ1v) is 13.9. The van der Waals surface area contributed by atoms with E-state index in [0.29, 0.717) is 16.9 Å². The van der Waals surface area contributed by atoms with E-state index in [1.54, 1.807) is 25.4 Å². The van der Waals surface area contributed by atoms with Gasteiger partial charge in [-0.05, 0) is 67.7 Å². The van der Waals surface area contributed by atoms with Gasteiger partial charge in [0, 0.05) is 19.4 Å². The Morgan fingerprint density at radius 3 is 2.50 bits per heavy atom. The Morgan fingerprint density at radius 1 is 1.14 bits per heavy atom. The lowest BCUT2D eigenvalue weighted by molar-refractivity contribution is -0.159. The first-order chi connectivity index (χ1) is 19.9. The van der Waals surface area contributed by atoms with E-state index in [2.05, 4.69) is 35.7 Å². The summed E-state index contributed by atoms with van der Waals surface area (Å²) in [5, 5.41) is 16.7. The number of halogens is 5. The molecule has 2 N–H and O–H groups in total. The van der Waals surface area contributed by atoms with Crippen molar-refractivity contribution in [3.05, 3.63) is 41.1 Å². The number of amides is 3. The van der Waals surface area contributed by atoms with Crippen LogP contribution in [0.3, 0.4) is 0 Å². The number of carbonyl (C=O) groups is 2. The van der Waals surface area contributed by atoms with Gasteiger partial charge in [0.25, 0.3) is 5.91 Å². The molecule has 2 saturated carbocycles. The number of rotatable bonds is 7. The van der Waals surface area contributed by atoms with Gasteiger partial charge in [-0.1, -0.05) is 5.16 Å². The number of carbonyl (C=O) groups excluding carboxylic acids is 2. The van der Waals surface area contributed by atoms with Crippen molar-refractivity contribution in [1.29, 1.82) is 0 Å². The Balaban J connectivity index is 1.28. The lowest BCUT2D eigenvalue weighted by atomic mass is 9.81. The topological polar surface area (TPSA) is 131 Å². The van der Waals surface area contributed by atoms with Gasteiger partial charge in [0.05, 0.1) is 30.2 Å². The van der Waals surface area contributed by atoms with Gasteiger partial charge < -0.3 is 15.5 Å². The van der Waals surface area contributed by atoms with Gasteiger partial charge in [-0.2, -0.15) is 18.3 Å². The van der Waals surface area contributed by atoms with Gasteiger partial charge in [0.15, 0.2) is 11.3 Å². The Morgan fingerprint density at radius 2 is 1.88 bits per heavy atom. The van der Waals surface area contributed by atoms with Crippen LogP contribution in [-0.4, -0.2) is 66.4 Å². The summed E-state index contributed by atoms with van der Waals surface area (Å²) in [6, 6.07) is -2.15. The Labute approximate surface area is 236 Å². The molecule has 42 heavy (non-hydrogen) atoms. The van der Waals surface area contributed by atoms with Crippen molar-refractivity contribution in [1.82, 2.24) is 40.4 Å². The van der Waals surface area contributed by atoms with Crippen molar-refractivity contribution in [3.8, 4) is 0 Å². The predicted molar refractivity (Wildman–Crippen MR) is 134 cm³/mol. The highest BCUT2D eigenvalue weighted by Crippen LogP contribution is 2.46. The van der Waals surface area contributed by atoms with Gasteiger partial charge in [-0.15, -0.1) is 0 Å². The first kappa shape index (κ1) is 28.3. The largest absolute Gasteiger partial charge is 0.408 e. The number of nitrogens with one attached hydrogen (secondary N) is 2. The molecule has 3 aromatic rings. The minimum Gasteiger partial charge on any atom is -0.342 e. The second-order valence-corrected chi connectivity index (χ2v) is 11.4. The SMILES string of the molecule is Cc1nonc1C(=O)N[C@H](c1cn2ncc(C(C3CC3)N3CC[C@H](C(F)(F)F)NC3=O)cc2n1)C1CCC(F)(F)CC1. The molecule has 4 heterocycles.